The van der Waals surface area contributed by atoms with Crippen LogP contribution in [0.15, 0.2) is 16.6 Å². The standard InChI is InChI=1S/C13H14BrCl2NO3/c1-13(2,6-11(19)20)5-10(18)17-12-8(15)3-7(14)4-9(12)16/h3-4H,5-6H2,1-2H3,(H,17,18)(H,19,20). The Morgan fingerprint density at radius 2 is 1.75 bits per heavy atom. The van der Waals surface area contributed by atoms with E-state index in [0.29, 0.717) is 20.2 Å². The molecule has 0 bridgehead atoms. The van der Waals surface area contributed by atoms with Gasteiger partial charge in [0.15, 0.2) is 0 Å². The molecule has 0 saturated carbocycles. The van der Waals surface area contributed by atoms with Crippen LogP contribution >= 0.6 is 39.1 Å². The first-order valence-corrected chi connectivity index (χ1v) is 7.32. The molecular weight excluding hydrogens is 369 g/mol. The molecule has 0 unspecified atom stereocenters. The maximum atomic E-state index is 12.0. The summed E-state index contributed by atoms with van der Waals surface area (Å²) in [5, 5.41) is 12.0. The lowest BCUT2D eigenvalue weighted by Crippen LogP contribution is -2.25. The van der Waals surface area contributed by atoms with Crippen LogP contribution in [0.2, 0.25) is 10.0 Å². The number of rotatable bonds is 5. The quantitative estimate of drug-likeness (QED) is 0.782. The van der Waals surface area contributed by atoms with Crippen LogP contribution in [-0.4, -0.2) is 17.0 Å². The van der Waals surface area contributed by atoms with Gasteiger partial charge in [-0.3, -0.25) is 9.59 Å². The van der Waals surface area contributed by atoms with E-state index in [9.17, 15) is 9.59 Å². The number of amides is 1. The molecule has 20 heavy (non-hydrogen) atoms. The number of hydrogen-bond acceptors (Lipinski definition) is 2. The van der Waals surface area contributed by atoms with Crippen molar-refractivity contribution in [3.8, 4) is 0 Å². The zero-order valence-electron chi connectivity index (χ0n) is 11.0. The topological polar surface area (TPSA) is 66.4 Å². The van der Waals surface area contributed by atoms with E-state index < -0.39 is 11.4 Å². The highest BCUT2D eigenvalue weighted by Crippen LogP contribution is 2.34. The number of benzene rings is 1. The number of carbonyl (C=O) groups is 2. The zero-order valence-corrected chi connectivity index (χ0v) is 14.1. The largest absolute Gasteiger partial charge is 0.481 e. The van der Waals surface area contributed by atoms with Crippen LogP contribution in [0.4, 0.5) is 5.69 Å². The maximum absolute atomic E-state index is 12.0. The van der Waals surface area contributed by atoms with Crippen molar-refractivity contribution in [1.29, 1.82) is 0 Å². The van der Waals surface area contributed by atoms with Gasteiger partial charge in [-0.25, -0.2) is 0 Å². The summed E-state index contributed by atoms with van der Waals surface area (Å²) in [4.78, 5) is 22.7. The van der Waals surface area contributed by atoms with E-state index in [2.05, 4.69) is 21.2 Å². The smallest absolute Gasteiger partial charge is 0.303 e. The monoisotopic (exact) mass is 381 g/mol. The van der Waals surface area contributed by atoms with Crippen LogP contribution < -0.4 is 5.32 Å². The SMILES string of the molecule is CC(C)(CC(=O)O)CC(=O)Nc1c(Cl)cc(Br)cc1Cl. The first-order chi connectivity index (χ1) is 9.10. The van der Waals surface area contributed by atoms with Crippen LogP contribution in [-0.2, 0) is 9.59 Å². The summed E-state index contributed by atoms with van der Waals surface area (Å²) in [5.41, 5.74) is -0.322. The molecule has 1 aromatic carbocycles. The third-order valence-corrected chi connectivity index (χ3v) is 3.59. The number of anilines is 1. The lowest BCUT2D eigenvalue weighted by atomic mass is 9.85. The number of carboxylic acids is 1. The van der Waals surface area contributed by atoms with Crippen molar-refractivity contribution >= 4 is 56.7 Å². The molecule has 0 radical (unpaired) electrons. The van der Waals surface area contributed by atoms with E-state index in [0.717, 1.165) is 0 Å². The second-order valence-electron chi connectivity index (χ2n) is 5.20. The Balaban J connectivity index is 2.79. The van der Waals surface area contributed by atoms with Crippen LogP contribution in [0, 0.1) is 5.41 Å². The summed E-state index contributed by atoms with van der Waals surface area (Å²) < 4.78 is 0.705. The highest BCUT2D eigenvalue weighted by molar-refractivity contribution is 9.10. The first kappa shape index (κ1) is 17.3. The van der Waals surface area contributed by atoms with Gasteiger partial charge in [0.25, 0.3) is 0 Å². The average molecular weight is 383 g/mol. The Labute approximate surface area is 135 Å². The van der Waals surface area contributed by atoms with Gasteiger partial charge in [0.05, 0.1) is 22.2 Å². The summed E-state index contributed by atoms with van der Waals surface area (Å²) >= 11 is 15.3. The molecule has 1 aromatic rings. The zero-order chi connectivity index (χ0) is 15.5. The molecular formula is C13H14BrCl2NO3. The van der Waals surface area contributed by atoms with Crippen molar-refractivity contribution in [2.24, 2.45) is 5.41 Å². The fraction of sp³-hybridized carbons (Fsp3) is 0.385. The van der Waals surface area contributed by atoms with Crippen molar-refractivity contribution in [1.82, 2.24) is 0 Å². The number of halogens is 3. The number of nitrogens with one attached hydrogen (secondary N) is 1. The molecule has 0 atom stereocenters. The van der Waals surface area contributed by atoms with Gasteiger partial charge >= 0.3 is 5.97 Å². The van der Waals surface area contributed by atoms with Crippen LogP contribution in [0.5, 0.6) is 0 Å². The highest BCUT2D eigenvalue weighted by atomic mass is 79.9. The second kappa shape index (κ2) is 6.78. The molecule has 7 heteroatoms. The van der Waals surface area contributed by atoms with E-state index in [-0.39, 0.29) is 18.7 Å². The minimum absolute atomic E-state index is 0.0576. The molecule has 2 N–H and O–H groups in total. The molecule has 0 fully saturated rings. The van der Waals surface area contributed by atoms with Gasteiger partial charge < -0.3 is 10.4 Å². The summed E-state index contributed by atoms with van der Waals surface area (Å²) in [7, 11) is 0. The fourth-order valence-electron chi connectivity index (χ4n) is 1.75. The molecule has 0 aromatic heterocycles. The van der Waals surface area contributed by atoms with Gasteiger partial charge in [-0.05, 0) is 17.5 Å². The Bertz CT molecular complexity index is 523. The number of carboxylic acid groups (broad SMARTS) is 1. The number of hydrogen-bond donors (Lipinski definition) is 2. The van der Waals surface area contributed by atoms with Gasteiger partial charge in [-0.15, -0.1) is 0 Å². The van der Waals surface area contributed by atoms with Crippen molar-refractivity contribution in [2.45, 2.75) is 26.7 Å². The van der Waals surface area contributed by atoms with E-state index >= 15 is 0 Å². The van der Waals surface area contributed by atoms with E-state index in [1.54, 1.807) is 26.0 Å². The van der Waals surface area contributed by atoms with Crippen LogP contribution in [0.1, 0.15) is 26.7 Å². The van der Waals surface area contributed by atoms with E-state index in [4.69, 9.17) is 28.3 Å². The average Bonchev–Trinajstić information content (AvgIpc) is 2.20. The molecule has 0 saturated heterocycles. The van der Waals surface area contributed by atoms with Gasteiger partial charge in [-0.2, -0.15) is 0 Å². The minimum atomic E-state index is -0.942. The summed E-state index contributed by atoms with van der Waals surface area (Å²) in [5.74, 6) is -1.27. The van der Waals surface area contributed by atoms with Gasteiger partial charge in [0.1, 0.15) is 0 Å². The van der Waals surface area contributed by atoms with Gasteiger partial charge in [0, 0.05) is 10.9 Å². The van der Waals surface area contributed by atoms with Crippen LogP contribution in [0.3, 0.4) is 0 Å². The summed E-state index contributed by atoms with van der Waals surface area (Å²) in [6.07, 6.45) is -0.0375. The molecule has 0 aliphatic carbocycles. The van der Waals surface area contributed by atoms with Crippen molar-refractivity contribution < 1.29 is 14.7 Å². The van der Waals surface area contributed by atoms with Crippen molar-refractivity contribution in [3.63, 3.8) is 0 Å². The van der Waals surface area contributed by atoms with Crippen LogP contribution in [0.25, 0.3) is 0 Å². The molecule has 1 rings (SSSR count). The Morgan fingerprint density at radius 1 is 1.25 bits per heavy atom. The van der Waals surface area contributed by atoms with Gasteiger partial charge in [-0.1, -0.05) is 53.0 Å². The lowest BCUT2D eigenvalue weighted by Gasteiger charge is -2.21. The maximum Gasteiger partial charge on any atom is 0.303 e. The molecule has 110 valence electrons. The first-order valence-electron chi connectivity index (χ1n) is 5.77. The lowest BCUT2D eigenvalue weighted by molar-refractivity contribution is -0.139. The third-order valence-electron chi connectivity index (χ3n) is 2.54. The molecule has 1 amide bonds. The minimum Gasteiger partial charge on any atom is -0.481 e. The second-order valence-corrected chi connectivity index (χ2v) is 6.93. The number of carbonyl (C=O) groups excluding carboxylic acids is 1. The molecule has 0 aliphatic heterocycles. The highest BCUT2D eigenvalue weighted by Gasteiger charge is 2.25. The predicted octanol–water partition coefficient (Wildman–Crippen LogP) is 4.59. The predicted molar refractivity (Wildman–Crippen MR) is 83.4 cm³/mol. The molecule has 4 nitrogen and oxygen atoms in total. The van der Waals surface area contributed by atoms with E-state index in [1.807, 2.05) is 0 Å². The summed E-state index contributed by atoms with van der Waals surface area (Å²) in [6.45, 7) is 3.43. The van der Waals surface area contributed by atoms with Gasteiger partial charge in [0.2, 0.25) is 5.91 Å². The van der Waals surface area contributed by atoms with Crippen molar-refractivity contribution in [2.75, 3.05) is 5.32 Å². The van der Waals surface area contributed by atoms with E-state index in [1.165, 1.54) is 0 Å². The summed E-state index contributed by atoms with van der Waals surface area (Å²) in [6, 6.07) is 3.23. The Morgan fingerprint density at radius 3 is 2.20 bits per heavy atom. The third kappa shape index (κ3) is 5.31. The molecule has 0 spiro atoms. The molecule has 0 heterocycles. The normalized spacial score (nSPS) is 11.2. The Hall–Kier alpha value is -0.780. The molecule has 0 aliphatic rings. The fourth-order valence-corrected chi connectivity index (χ4v) is 3.05. The Kier molecular flexibility index (Phi) is 5.86. The van der Waals surface area contributed by atoms with Crippen molar-refractivity contribution in [3.05, 3.63) is 26.7 Å². The number of aliphatic carboxylic acids is 1.